The molecule has 1 aliphatic rings. The highest BCUT2D eigenvalue weighted by atomic mass is 16.6. The van der Waals surface area contributed by atoms with Crippen molar-refractivity contribution in [1.29, 1.82) is 0 Å². The van der Waals surface area contributed by atoms with Gasteiger partial charge < -0.3 is 19.3 Å². The van der Waals surface area contributed by atoms with Gasteiger partial charge in [0.1, 0.15) is 17.9 Å². The summed E-state index contributed by atoms with van der Waals surface area (Å²) in [6.07, 6.45) is 1.34. The molecule has 1 aromatic rings. The van der Waals surface area contributed by atoms with Gasteiger partial charge in [-0.05, 0) is 39.8 Å². The molecule has 1 amide bonds. The maximum Gasteiger partial charge on any atom is 0.410 e. The van der Waals surface area contributed by atoms with E-state index in [-0.39, 0.29) is 18.5 Å². The quantitative estimate of drug-likeness (QED) is 0.839. The van der Waals surface area contributed by atoms with E-state index in [1.807, 2.05) is 32.9 Å². The Morgan fingerprint density at radius 3 is 2.46 bits per heavy atom. The molecule has 0 aromatic carbocycles. The average molecular weight is 335 g/mol. The third-order valence-electron chi connectivity index (χ3n) is 3.44. The van der Waals surface area contributed by atoms with Crippen molar-refractivity contribution in [3.05, 3.63) is 18.3 Å². The normalized spacial score (nSPS) is 15.2. The van der Waals surface area contributed by atoms with Crippen molar-refractivity contribution in [1.82, 2.24) is 9.88 Å². The minimum absolute atomic E-state index is 0.00187. The van der Waals surface area contributed by atoms with Crippen molar-refractivity contribution in [2.45, 2.75) is 33.3 Å². The highest BCUT2D eigenvalue weighted by Gasteiger charge is 2.27. The Hall–Kier alpha value is -2.31. The van der Waals surface area contributed by atoms with Crippen molar-refractivity contribution >= 4 is 17.6 Å². The molecule has 0 atom stereocenters. The van der Waals surface area contributed by atoms with Gasteiger partial charge in [-0.1, -0.05) is 0 Å². The van der Waals surface area contributed by atoms with Crippen LogP contribution in [0.4, 0.5) is 10.5 Å². The number of hydrogen-bond donors (Lipinski definition) is 0. The summed E-state index contributed by atoms with van der Waals surface area (Å²) in [5.74, 6) is 0.389. The lowest BCUT2D eigenvalue weighted by atomic mass is 10.2. The fraction of sp³-hybridized carbons (Fsp3) is 0.588. The molecule has 7 heteroatoms. The van der Waals surface area contributed by atoms with E-state index in [0.717, 1.165) is 5.69 Å². The number of nitrogens with zero attached hydrogens (tertiary/aromatic N) is 3. The molecular weight excluding hydrogens is 310 g/mol. The molecule has 1 saturated heterocycles. The van der Waals surface area contributed by atoms with Crippen LogP contribution >= 0.6 is 0 Å². The third kappa shape index (κ3) is 5.11. The number of Topliss-reactive ketones (excluding diaryl/α,β-unsaturated/α-hetero) is 1. The summed E-state index contributed by atoms with van der Waals surface area (Å²) >= 11 is 0. The van der Waals surface area contributed by atoms with Gasteiger partial charge >= 0.3 is 6.09 Å². The summed E-state index contributed by atoms with van der Waals surface area (Å²) in [6.45, 7) is 9.49. The first-order valence-corrected chi connectivity index (χ1v) is 8.06. The number of piperazine rings is 1. The van der Waals surface area contributed by atoms with Crippen molar-refractivity contribution < 1.29 is 19.1 Å². The van der Waals surface area contributed by atoms with Crippen LogP contribution in [0.3, 0.4) is 0 Å². The van der Waals surface area contributed by atoms with Crippen LogP contribution < -0.4 is 9.64 Å². The van der Waals surface area contributed by atoms with Crippen LogP contribution in [-0.2, 0) is 9.53 Å². The van der Waals surface area contributed by atoms with E-state index < -0.39 is 5.60 Å². The lowest BCUT2D eigenvalue weighted by Crippen LogP contribution is -2.50. The van der Waals surface area contributed by atoms with E-state index >= 15 is 0 Å². The standard InChI is InChI=1S/C17H25N3O4/c1-13(21)12-23-15-14(6-5-7-18-15)19-8-10-20(11-9-19)16(22)24-17(2,3)4/h5-7H,8-12H2,1-4H3. The fourth-order valence-corrected chi connectivity index (χ4v) is 2.36. The minimum atomic E-state index is -0.495. The highest BCUT2D eigenvalue weighted by Crippen LogP contribution is 2.26. The van der Waals surface area contributed by atoms with Crippen LogP contribution in [0, 0.1) is 0 Å². The Labute approximate surface area is 142 Å². The second kappa shape index (κ2) is 7.51. The second-order valence-electron chi connectivity index (χ2n) is 6.77. The maximum absolute atomic E-state index is 12.1. The molecule has 2 rings (SSSR count). The van der Waals surface area contributed by atoms with Crippen LogP contribution in [0.2, 0.25) is 0 Å². The van der Waals surface area contributed by atoms with Gasteiger partial charge in [0.05, 0.1) is 0 Å². The number of amides is 1. The van der Waals surface area contributed by atoms with Gasteiger partial charge in [-0.3, -0.25) is 4.79 Å². The van der Waals surface area contributed by atoms with Crippen LogP contribution in [0.15, 0.2) is 18.3 Å². The van der Waals surface area contributed by atoms with Gasteiger partial charge in [0, 0.05) is 32.4 Å². The molecule has 132 valence electrons. The molecule has 0 bridgehead atoms. The number of carbonyl (C=O) groups excluding carboxylic acids is 2. The van der Waals surface area contributed by atoms with Gasteiger partial charge in [0.25, 0.3) is 0 Å². The molecule has 0 spiro atoms. The topological polar surface area (TPSA) is 72.0 Å². The van der Waals surface area contributed by atoms with Gasteiger partial charge in [0.2, 0.25) is 5.88 Å². The fourth-order valence-electron chi connectivity index (χ4n) is 2.36. The molecule has 1 aromatic heterocycles. The first kappa shape index (κ1) is 18.0. The number of pyridine rings is 1. The molecule has 0 aliphatic carbocycles. The zero-order valence-corrected chi connectivity index (χ0v) is 14.7. The zero-order valence-electron chi connectivity index (χ0n) is 14.7. The molecular formula is C17H25N3O4. The first-order chi connectivity index (χ1) is 11.3. The largest absolute Gasteiger partial charge is 0.468 e. The number of aromatic nitrogens is 1. The van der Waals surface area contributed by atoms with Crippen molar-refractivity contribution in [3.63, 3.8) is 0 Å². The summed E-state index contributed by atoms with van der Waals surface area (Å²) in [7, 11) is 0. The highest BCUT2D eigenvalue weighted by molar-refractivity contribution is 5.77. The third-order valence-corrected chi connectivity index (χ3v) is 3.44. The van der Waals surface area contributed by atoms with E-state index in [4.69, 9.17) is 9.47 Å². The summed E-state index contributed by atoms with van der Waals surface area (Å²) in [5, 5.41) is 0. The number of ether oxygens (including phenoxy) is 2. The van der Waals surface area contributed by atoms with Gasteiger partial charge in [-0.2, -0.15) is 0 Å². The number of rotatable bonds is 4. The van der Waals surface area contributed by atoms with Crippen molar-refractivity contribution in [2.75, 3.05) is 37.7 Å². The Morgan fingerprint density at radius 2 is 1.88 bits per heavy atom. The Balaban J connectivity index is 1.97. The molecule has 1 aliphatic heterocycles. The zero-order chi connectivity index (χ0) is 17.7. The summed E-state index contributed by atoms with van der Waals surface area (Å²) in [4.78, 5) is 31.2. The van der Waals surface area contributed by atoms with Crippen molar-refractivity contribution in [3.8, 4) is 5.88 Å². The molecule has 0 unspecified atom stereocenters. The van der Waals surface area contributed by atoms with Crippen molar-refractivity contribution in [2.24, 2.45) is 0 Å². The van der Waals surface area contributed by atoms with Gasteiger partial charge in [-0.15, -0.1) is 0 Å². The maximum atomic E-state index is 12.1. The SMILES string of the molecule is CC(=O)COc1ncccc1N1CCN(C(=O)OC(C)(C)C)CC1. The van der Waals surface area contributed by atoms with E-state index in [9.17, 15) is 9.59 Å². The predicted octanol–water partition coefficient (Wildman–Crippen LogP) is 2.11. The Morgan fingerprint density at radius 1 is 1.21 bits per heavy atom. The number of carbonyl (C=O) groups is 2. The second-order valence-corrected chi connectivity index (χ2v) is 6.77. The first-order valence-electron chi connectivity index (χ1n) is 8.06. The van der Waals surface area contributed by atoms with Crippen LogP contribution in [0.1, 0.15) is 27.7 Å². The Kier molecular flexibility index (Phi) is 5.64. The van der Waals surface area contributed by atoms with Crippen LogP contribution in [0.5, 0.6) is 5.88 Å². The molecule has 0 radical (unpaired) electrons. The number of ketones is 1. The summed E-state index contributed by atoms with van der Waals surface area (Å²) in [5.41, 5.74) is 0.341. The lowest BCUT2D eigenvalue weighted by Gasteiger charge is -2.36. The summed E-state index contributed by atoms with van der Waals surface area (Å²) in [6, 6.07) is 3.74. The van der Waals surface area contributed by atoms with E-state index in [0.29, 0.717) is 32.1 Å². The Bertz CT molecular complexity index is 590. The molecule has 24 heavy (non-hydrogen) atoms. The van der Waals surface area contributed by atoms with E-state index in [1.165, 1.54) is 6.92 Å². The molecule has 7 nitrogen and oxygen atoms in total. The van der Waals surface area contributed by atoms with Crippen LogP contribution in [-0.4, -0.2) is 60.1 Å². The number of anilines is 1. The molecule has 0 N–H and O–H groups in total. The monoisotopic (exact) mass is 335 g/mol. The average Bonchev–Trinajstić information content (AvgIpc) is 2.52. The lowest BCUT2D eigenvalue weighted by molar-refractivity contribution is -0.119. The molecule has 2 heterocycles. The number of hydrogen-bond acceptors (Lipinski definition) is 6. The predicted molar refractivity (Wildman–Crippen MR) is 90.4 cm³/mol. The minimum Gasteiger partial charge on any atom is -0.468 e. The molecule has 0 saturated carbocycles. The van der Waals surface area contributed by atoms with Crippen LogP contribution in [0.25, 0.3) is 0 Å². The summed E-state index contributed by atoms with van der Waals surface area (Å²) < 4.78 is 10.9. The smallest absolute Gasteiger partial charge is 0.410 e. The molecule has 1 fully saturated rings. The van der Waals surface area contributed by atoms with E-state index in [2.05, 4.69) is 9.88 Å². The van der Waals surface area contributed by atoms with Gasteiger partial charge in [0.15, 0.2) is 5.78 Å². The van der Waals surface area contributed by atoms with E-state index in [1.54, 1.807) is 11.1 Å². The van der Waals surface area contributed by atoms with Gasteiger partial charge in [-0.25, -0.2) is 9.78 Å².